The van der Waals surface area contributed by atoms with Crippen molar-refractivity contribution < 1.29 is 33.0 Å². The molecule has 1 aromatic heterocycles. The van der Waals surface area contributed by atoms with E-state index in [4.69, 9.17) is 23.4 Å². The average Bonchev–Trinajstić information content (AvgIpc) is 2.97. The van der Waals surface area contributed by atoms with E-state index < -0.39 is 17.8 Å². The van der Waals surface area contributed by atoms with Gasteiger partial charge in [-0.25, -0.2) is 0 Å². The SMILES string of the molecule is C=C1NC2=C(C(=O)CC(c3ccc(OCC)c(OC)c3)C2)C(c2coc3ccccc3c2=O)C1C(=O)OCCOC. The molecule has 0 saturated carbocycles. The van der Waals surface area contributed by atoms with E-state index >= 15 is 0 Å². The third-order valence-corrected chi connectivity index (χ3v) is 7.63. The fourth-order valence-corrected chi connectivity index (χ4v) is 5.73. The lowest BCUT2D eigenvalue weighted by Crippen LogP contribution is -2.43. The van der Waals surface area contributed by atoms with Crippen LogP contribution in [-0.2, 0) is 19.1 Å². The van der Waals surface area contributed by atoms with Gasteiger partial charge in [0.25, 0.3) is 0 Å². The van der Waals surface area contributed by atoms with Crippen LogP contribution in [0.4, 0.5) is 0 Å². The molecule has 2 aliphatic rings. The monoisotopic (exact) mass is 559 g/mol. The Balaban J connectivity index is 1.59. The number of carbonyl (C=O) groups excluding carboxylic acids is 2. The van der Waals surface area contributed by atoms with E-state index in [-0.39, 0.29) is 42.3 Å². The minimum absolute atomic E-state index is 0.0274. The van der Waals surface area contributed by atoms with Crippen molar-refractivity contribution in [2.24, 2.45) is 5.92 Å². The lowest BCUT2D eigenvalue weighted by atomic mass is 9.69. The number of hydrogen-bond donors (Lipinski definition) is 1. The highest BCUT2D eigenvalue weighted by Crippen LogP contribution is 2.47. The first kappa shape index (κ1) is 28.2. The van der Waals surface area contributed by atoms with Gasteiger partial charge in [0.1, 0.15) is 18.1 Å². The zero-order valence-electron chi connectivity index (χ0n) is 23.4. The third kappa shape index (κ3) is 5.37. The fourth-order valence-electron chi connectivity index (χ4n) is 5.73. The maximum atomic E-state index is 13.9. The number of benzene rings is 2. The van der Waals surface area contributed by atoms with Crippen LogP contribution < -0.4 is 20.2 Å². The number of ketones is 1. The highest BCUT2D eigenvalue weighted by atomic mass is 16.6. The highest BCUT2D eigenvalue weighted by Gasteiger charge is 2.46. The second-order valence-corrected chi connectivity index (χ2v) is 10.0. The summed E-state index contributed by atoms with van der Waals surface area (Å²) in [5.74, 6) is -1.65. The van der Waals surface area contributed by atoms with Gasteiger partial charge < -0.3 is 28.7 Å². The molecule has 9 nitrogen and oxygen atoms in total. The molecule has 3 atom stereocenters. The van der Waals surface area contributed by atoms with Crippen LogP contribution in [0.25, 0.3) is 11.0 Å². The van der Waals surface area contributed by atoms with Gasteiger partial charge in [-0.15, -0.1) is 0 Å². The van der Waals surface area contributed by atoms with Gasteiger partial charge in [0.05, 0.1) is 32.0 Å². The summed E-state index contributed by atoms with van der Waals surface area (Å²) in [5.41, 5.74) is 2.59. The van der Waals surface area contributed by atoms with Crippen molar-refractivity contribution in [1.82, 2.24) is 5.32 Å². The third-order valence-electron chi connectivity index (χ3n) is 7.63. The van der Waals surface area contributed by atoms with Crippen LogP contribution in [0.1, 0.15) is 42.7 Å². The van der Waals surface area contributed by atoms with E-state index in [2.05, 4.69) is 11.9 Å². The van der Waals surface area contributed by atoms with Gasteiger partial charge in [-0.2, -0.15) is 0 Å². The molecule has 2 aromatic carbocycles. The van der Waals surface area contributed by atoms with Gasteiger partial charge in [-0.1, -0.05) is 24.8 Å². The van der Waals surface area contributed by atoms with Crippen LogP contribution in [0.2, 0.25) is 0 Å². The highest BCUT2D eigenvalue weighted by molar-refractivity contribution is 6.01. The summed E-state index contributed by atoms with van der Waals surface area (Å²) in [7, 11) is 3.08. The first-order valence-electron chi connectivity index (χ1n) is 13.6. The largest absolute Gasteiger partial charge is 0.493 e. The number of carbonyl (C=O) groups is 2. The number of esters is 1. The van der Waals surface area contributed by atoms with Crippen molar-refractivity contribution in [1.29, 1.82) is 0 Å². The van der Waals surface area contributed by atoms with Crippen molar-refractivity contribution >= 4 is 22.7 Å². The standard InChI is InChI=1S/C32H33NO8/c1-5-39-26-11-10-19(16-27(26)38-4)20-14-23-30(24(34)15-20)29(28(18(2)33-23)32(36)40-13-12-37-3)22-17-41-25-9-7-6-8-21(25)31(22)35/h6-11,16-17,20,28-29,33H,2,5,12-15H2,1,3-4H3. The molecule has 9 heteroatoms. The number of hydrogen-bond acceptors (Lipinski definition) is 9. The zero-order valence-corrected chi connectivity index (χ0v) is 23.4. The molecule has 0 saturated heterocycles. The van der Waals surface area contributed by atoms with Crippen molar-refractivity contribution in [3.05, 3.63) is 93.6 Å². The number of nitrogens with one attached hydrogen (secondary N) is 1. The molecular formula is C32H33NO8. The summed E-state index contributed by atoms with van der Waals surface area (Å²) in [6, 6.07) is 12.5. The quantitative estimate of drug-likeness (QED) is 0.297. The van der Waals surface area contributed by atoms with E-state index in [9.17, 15) is 14.4 Å². The molecule has 1 aliphatic carbocycles. The summed E-state index contributed by atoms with van der Waals surface area (Å²) < 4.78 is 27.5. The van der Waals surface area contributed by atoms with Crippen LogP contribution >= 0.6 is 0 Å². The van der Waals surface area contributed by atoms with E-state index in [1.165, 1.54) is 13.4 Å². The minimum Gasteiger partial charge on any atom is -0.493 e. The molecule has 3 aromatic rings. The van der Waals surface area contributed by atoms with E-state index in [1.54, 1.807) is 31.4 Å². The Morgan fingerprint density at radius 1 is 1.07 bits per heavy atom. The Morgan fingerprint density at radius 3 is 2.63 bits per heavy atom. The van der Waals surface area contributed by atoms with Crippen molar-refractivity contribution in [3.63, 3.8) is 0 Å². The summed E-state index contributed by atoms with van der Waals surface area (Å²) in [6.45, 7) is 6.76. The molecule has 214 valence electrons. The van der Waals surface area contributed by atoms with Crippen molar-refractivity contribution in [3.8, 4) is 11.5 Å². The number of fused-ring (bicyclic) bond motifs is 1. The summed E-state index contributed by atoms with van der Waals surface area (Å²) in [6.07, 6.45) is 2.01. The lowest BCUT2D eigenvalue weighted by molar-refractivity contribution is -0.149. The number of allylic oxidation sites excluding steroid dienone is 2. The number of para-hydroxylation sites is 1. The topological polar surface area (TPSA) is 113 Å². The second kappa shape index (κ2) is 12.0. The van der Waals surface area contributed by atoms with E-state index in [0.717, 1.165) is 5.56 Å². The Kier molecular flexibility index (Phi) is 8.26. The molecule has 3 unspecified atom stereocenters. The maximum Gasteiger partial charge on any atom is 0.315 e. The van der Waals surface area contributed by atoms with Crippen molar-refractivity contribution in [2.45, 2.75) is 31.6 Å². The molecule has 2 heterocycles. The average molecular weight is 560 g/mol. The molecule has 0 radical (unpaired) electrons. The normalized spacial score (nSPS) is 20.4. The first-order valence-corrected chi connectivity index (χ1v) is 13.6. The second-order valence-electron chi connectivity index (χ2n) is 10.0. The molecule has 0 spiro atoms. The molecule has 41 heavy (non-hydrogen) atoms. The molecule has 0 amide bonds. The van der Waals surface area contributed by atoms with Crippen LogP contribution in [0, 0.1) is 5.92 Å². The summed E-state index contributed by atoms with van der Waals surface area (Å²) >= 11 is 0. The van der Waals surface area contributed by atoms with Crippen LogP contribution in [0.3, 0.4) is 0 Å². The van der Waals surface area contributed by atoms with Gasteiger partial charge in [0, 0.05) is 42.0 Å². The van der Waals surface area contributed by atoms with Crippen molar-refractivity contribution in [2.75, 3.05) is 34.0 Å². The number of ether oxygens (including phenoxy) is 4. The van der Waals surface area contributed by atoms with Crippen LogP contribution in [-0.4, -0.2) is 45.8 Å². The van der Waals surface area contributed by atoms with E-state index in [1.807, 2.05) is 25.1 Å². The van der Waals surface area contributed by atoms with Gasteiger partial charge in [0.2, 0.25) is 0 Å². The number of rotatable bonds is 9. The number of methoxy groups -OCH3 is 2. The Morgan fingerprint density at radius 2 is 1.88 bits per heavy atom. The zero-order chi connectivity index (χ0) is 29.1. The predicted molar refractivity (Wildman–Crippen MR) is 152 cm³/mol. The lowest BCUT2D eigenvalue weighted by Gasteiger charge is -2.39. The van der Waals surface area contributed by atoms with Gasteiger partial charge in [0.15, 0.2) is 22.7 Å². The maximum absolute atomic E-state index is 13.9. The first-order chi connectivity index (χ1) is 19.9. The summed E-state index contributed by atoms with van der Waals surface area (Å²) in [5, 5.41) is 3.60. The molecule has 1 N–H and O–H groups in total. The van der Waals surface area contributed by atoms with Gasteiger partial charge in [-0.3, -0.25) is 14.4 Å². The Bertz CT molecular complexity index is 1590. The van der Waals surface area contributed by atoms with Gasteiger partial charge in [-0.05, 0) is 49.1 Å². The smallest absolute Gasteiger partial charge is 0.315 e. The summed E-state index contributed by atoms with van der Waals surface area (Å²) in [4.78, 5) is 41.1. The Labute approximate surface area is 237 Å². The van der Waals surface area contributed by atoms with Crippen LogP contribution in [0.5, 0.6) is 11.5 Å². The Hall–Kier alpha value is -4.37. The molecule has 0 bridgehead atoms. The van der Waals surface area contributed by atoms with Gasteiger partial charge >= 0.3 is 5.97 Å². The minimum atomic E-state index is -1.01. The molecule has 5 rings (SSSR count). The number of Topliss-reactive ketones (excluding diaryl/α,β-unsaturated/α-hetero) is 1. The van der Waals surface area contributed by atoms with Crippen LogP contribution in [0.15, 0.2) is 81.5 Å². The molecule has 1 aliphatic heterocycles. The van der Waals surface area contributed by atoms with E-state index in [0.29, 0.717) is 52.5 Å². The fraction of sp³-hybridized carbons (Fsp3) is 0.344. The predicted octanol–water partition coefficient (Wildman–Crippen LogP) is 4.61. The molecular weight excluding hydrogens is 526 g/mol. The molecule has 0 fully saturated rings.